The molecule has 1 N–H and O–H groups in total. The number of nitrogens with zero attached hydrogens (tertiary/aromatic N) is 2. The van der Waals surface area contributed by atoms with Gasteiger partial charge in [0.05, 0.1) is 17.7 Å². The standard InChI is InChI=1S/C9H12N2O3S/c1-6-7(15-11-10-6)4-9(8(12)13)2-3-14-5-9/h2-5H2,1H3,(H,12,13). The Morgan fingerprint density at radius 2 is 2.53 bits per heavy atom. The number of carboxylic acids is 1. The number of ether oxygens (including phenoxy) is 1. The van der Waals surface area contributed by atoms with Crippen molar-refractivity contribution in [1.29, 1.82) is 0 Å². The molecule has 82 valence electrons. The van der Waals surface area contributed by atoms with Crippen molar-refractivity contribution in [2.45, 2.75) is 19.8 Å². The van der Waals surface area contributed by atoms with E-state index in [9.17, 15) is 9.90 Å². The molecule has 1 saturated heterocycles. The number of aliphatic carboxylic acids is 1. The van der Waals surface area contributed by atoms with Crippen molar-refractivity contribution < 1.29 is 14.6 Å². The molecule has 2 heterocycles. The van der Waals surface area contributed by atoms with Gasteiger partial charge in [0.25, 0.3) is 0 Å². The van der Waals surface area contributed by atoms with Crippen LogP contribution in [0.1, 0.15) is 17.0 Å². The monoisotopic (exact) mass is 228 g/mol. The second kappa shape index (κ2) is 3.86. The third-order valence-electron chi connectivity index (χ3n) is 2.80. The number of aromatic nitrogens is 2. The maximum Gasteiger partial charge on any atom is 0.312 e. The fraction of sp³-hybridized carbons (Fsp3) is 0.667. The largest absolute Gasteiger partial charge is 0.481 e. The van der Waals surface area contributed by atoms with Crippen LogP contribution in [0, 0.1) is 12.3 Å². The van der Waals surface area contributed by atoms with Gasteiger partial charge in [-0.3, -0.25) is 4.79 Å². The van der Waals surface area contributed by atoms with Crippen LogP contribution in [0.5, 0.6) is 0 Å². The molecule has 1 aliphatic heterocycles. The molecule has 0 radical (unpaired) electrons. The van der Waals surface area contributed by atoms with E-state index in [1.807, 2.05) is 6.92 Å². The summed E-state index contributed by atoms with van der Waals surface area (Å²) in [6.07, 6.45) is 1.05. The average molecular weight is 228 g/mol. The summed E-state index contributed by atoms with van der Waals surface area (Å²) in [6, 6.07) is 0. The van der Waals surface area contributed by atoms with Gasteiger partial charge in [-0.1, -0.05) is 4.49 Å². The van der Waals surface area contributed by atoms with Crippen LogP contribution >= 0.6 is 11.5 Å². The summed E-state index contributed by atoms with van der Waals surface area (Å²) in [4.78, 5) is 12.2. The minimum Gasteiger partial charge on any atom is -0.481 e. The highest BCUT2D eigenvalue weighted by molar-refractivity contribution is 7.05. The van der Waals surface area contributed by atoms with Crippen molar-refractivity contribution in [1.82, 2.24) is 9.59 Å². The second-order valence-electron chi connectivity index (χ2n) is 3.85. The molecule has 2 rings (SSSR count). The molecule has 0 amide bonds. The fourth-order valence-corrected chi connectivity index (χ4v) is 2.49. The molecule has 0 bridgehead atoms. The van der Waals surface area contributed by atoms with Crippen LogP contribution in [0.4, 0.5) is 0 Å². The van der Waals surface area contributed by atoms with E-state index in [1.165, 1.54) is 11.5 Å². The van der Waals surface area contributed by atoms with Crippen LogP contribution in [0.3, 0.4) is 0 Å². The molecule has 5 nitrogen and oxygen atoms in total. The van der Waals surface area contributed by atoms with Gasteiger partial charge in [0.2, 0.25) is 0 Å². The van der Waals surface area contributed by atoms with Crippen molar-refractivity contribution in [3.05, 3.63) is 10.6 Å². The summed E-state index contributed by atoms with van der Waals surface area (Å²) in [6.45, 7) is 2.67. The van der Waals surface area contributed by atoms with Crippen molar-refractivity contribution in [3.63, 3.8) is 0 Å². The SMILES string of the molecule is Cc1nnsc1CC1(C(=O)O)CCOC1. The maximum atomic E-state index is 11.2. The quantitative estimate of drug-likeness (QED) is 0.831. The Labute approximate surface area is 91.2 Å². The number of carboxylic acid groups (broad SMARTS) is 1. The Hall–Kier alpha value is -1.01. The molecule has 0 spiro atoms. The maximum absolute atomic E-state index is 11.2. The molecule has 6 heteroatoms. The van der Waals surface area contributed by atoms with Gasteiger partial charge < -0.3 is 9.84 Å². The van der Waals surface area contributed by atoms with Crippen molar-refractivity contribution in [3.8, 4) is 0 Å². The summed E-state index contributed by atoms with van der Waals surface area (Å²) in [5, 5.41) is 13.1. The molecule has 1 aromatic heterocycles. The van der Waals surface area contributed by atoms with E-state index in [4.69, 9.17) is 4.74 Å². The highest BCUT2D eigenvalue weighted by atomic mass is 32.1. The van der Waals surface area contributed by atoms with Crippen LogP contribution in [-0.4, -0.2) is 33.9 Å². The van der Waals surface area contributed by atoms with Gasteiger partial charge in [0.1, 0.15) is 0 Å². The number of hydrogen-bond acceptors (Lipinski definition) is 5. The van der Waals surface area contributed by atoms with E-state index >= 15 is 0 Å². The van der Waals surface area contributed by atoms with Crippen LogP contribution < -0.4 is 0 Å². The second-order valence-corrected chi connectivity index (χ2v) is 4.69. The Kier molecular flexibility index (Phi) is 2.70. The highest BCUT2D eigenvalue weighted by Crippen LogP contribution is 2.34. The van der Waals surface area contributed by atoms with Gasteiger partial charge >= 0.3 is 5.97 Å². The number of aryl methyl sites for hydroxylation is 1. The van der Waals surface area contributed by atoms with E-state index in [-0.39, 0.29) is 0 Å². The molecule has 0 saturated carbocycles. The van der Waals surface area contributed by atoms with Crippen molar-refractivity contribution in [2.75, 3.05) is 13.2 Å². The summed E-state index contributed by atoms with van der Waals surface area (Å²) < 4.78 is 9.01. The number of rotatable bonds is 3. The minimum atomic E-state index is -0.784. The van der Waals surface area contributed by atoms with Crippen molar-refractivity contribution >= 4 is 17.5 Å². The summed E-state index contributed by atoms with van der Waals surface area (Å²) >= 11 is 1.27. The zero-order valence-electron chi connectivity index (χ0n) is 8.39. The zero-order chi connectivity index (χ0) is 10.9. The lowest BCUT2D eigenvalue weighted by Gasteiger charge is -2.20. The fourth-order valence-electron chi connectivity index (χ4n) is 1.71. The average Bonchev–Trinajstić information content (AvgIpc) is 2.78. The third kappa shape index (κ3) is 1.87. The van der Waals surface area contributed by atoms with Gasteiger partial charge in [-0.15, -0.1) is 5.10 Å². The first-order chi connectivity index (χ1) is 7.14. The molecule has 1 unspecified atom stereocenters. The minimum absolute atomic E-state index is 0.291. The van der Waals surface area contributed by atoms with Crippen LogP contribution in [0.15, 0.2) is 0 Å². The van der Waals surface area contributed by atoms with E-state index in [1.54, 1.807) is 0 Å². The van der Waals surface area contributed by atoms with Gasteiger partial charge in [-0.2, -0.15) is 0 Å². The molecule has 1 fully saturated rings. The Bertz CT molecular complexity index is 371. The topological polar surface area (TPSA) is 72.3 Å². The predicted molar refractivity (Wildman–Crippen MR) is 53.9 cm³/mol. The Balaban J connectivity index is 2.21. The molecule has 0 aliphatic carbocycles. The third-order valence-corrected chi connectivity index (χ3v) is 3.62. The molecule has 1 aliphatic rings. The van der Waals surface area contributed by atoms with Gasteiger partial charge in [-0.25, -0.2) is 0 Å². The van der Waals surface area contributed by atoms with Crippen LogP contribution in [0.2, 0.25) is 0 Å². The van der Waals surface area contributed by atoms with E-state index in [0.717, 1.165) is 10.6 Å². The smallest absolute Gasteiger partial charge is 0.312 e. The van der Waals surface area contributed by atoms with E-state index in [2.05, 4.69) is 9.59 Å². The first kappa shape index (κ1) is 10.5. The molecule has 1 aromatic rings. The summed E-state index contributed by atoms with van der Waals surface area (Å²) in [5.41, 5.74) is 0.0615. The van der Waals surface area contributed by atoms with Crippen molar-refractivity contribution in [2.24, 2.45) is 5.41 Å². The lowest BCUT2D eigenvalue weighted by molar-refractivity contribution is -0.148. The predicted octanol–water partition coefficient (Wildman–Crippen LogP) is 0.880. The Morgan fingerprint density at radius 3 is 3.00 bits per heavy atom. The molecular weight excluding hydrogens is 216 g/mol. The number of hydrogen-bond donors (Lipinski definition) is 1. The first-order valence-corrected chi connectivity index (χ1v) is 5.50. The Morgan fingerprint density at radius 1 is 1.73 bits per heavy atom. The number of carbonyl (C=O) groups is 1. The molecule has 15 heavy (non-hydrogen) atoms. The van der Waals surface area contributed by atoms with Crippen LogP contribution in [-0.2, 0) is 16.0 Å². The van der Waals surface area contributed by atoms with Gasteiger partial charge in [0, 0.05) is 17.9 Å². The summed E-state index contributed by atoms with van der Waals surface area (Å²) in [7, 11) is 0. The van der Waals surface area contributed by atoms with Gasteiger partial charge in [-0.05, 0) is 24.9 Å². The normalized spacial score (nSPS) is 25.7. The lowest BCUT2D eigenvalue weighted by Crippen LogP contribution is -2.33. The zero-order valence-corrected chi connectivity index (χ0v) is 9.21. The lowest BCUT2D eigenvalue weighted by atomic mass is 9.83. The highest BCUT2D eigenvalue weighted by Gasteiger charge is 2.43. The van der Waals surface area contributed by atoms with Crippen LogP contribution in [0.25, 0.3) is 0 Å². The summed E-state index contributed by atoms with van der Waals surface area (Å²) in [5.74, 6) is -0.784. The van der Waals surface area contributed by atoms with E-state index < -0.39 is 11.4 Å². The molecular formula is C9H12N2O3S. The molecule has 0 aromatic carbocycles. The van der Waals surface area contributed by atoms with Gasteiger partial charge in [0.15, 0.2) is 0 Å². The molecule has 1 atom stereocenters. The van der Waals surface area contributed by atoms with E-state index in [0.29, 0.717) is 26.1 Å². The first-order valence-electron chi connectivity index (χ1n) is 4.73.